The monoisotopic (exact) mass is 464 g/mol. The molecule has 3 aromatic carbocycles. The lowest BCUT2D eigenvalue weighted by molar-refractivity contribution is 0.0995. The van der Waals surface area contributed by atoms with E-state index in [1.165, 1.54) is 11.3 Å². The molecule has 0 radical (unpaired) electrons. The first-order valence-electron chi connectivity index (χ1n) is 9.72. The minimum Gasteiger partial charge on any atom is -0.457 e. The van der Waals surface area contributed by atoms with Gasteiger partial charge in [0, 0.05) is 12.8 Å². The predicted molar refractivity (Wildman–Crippen MR) is 126 cm³/mol. The molecule has 8 heteroatoms. The number of benzene rings is 3. The Kier molecular flexibility index (Phi) is 6.07. The Morgan fingerprint density at radius 3 is 2.53 bits per heavy atom. The molecular weight excluding hydrogens is 444 g/mol. The SMILES string of the molecule is C=CCn1c(=NC(=O)c2ccccc2Oc2ccccc2)sc2cc(S(C)(=O)=O)ccc21. The molecule has 0 spiro atoms. The zero-order chi connectivity index (χ0) is 22.7. The summed E-state index contributed by atoms with van der Waals surface area (Å²) in [5.74, 6) is 0.567. The number of rotatable bonds is 6. The van der Waals surface area contributed by atoms with Crippen LogP contribution >= 0.6 is 11.3 Å². The van der Waals surface area contributed by atoms with Crippen molar-refractivity contribution in [1.82, 2.24) is 4.57 Å². The number of para-hydroxylation sites is 2. The number of amides is 1. The highest BCUT2D eigenvalue weighted by atomic mass is 32.2. The molecule has 1 aromatic heterocycles. The maximum absolute atomic E-state index is 13.1. The van der Waals surface area contributed by atoms with Gasteiger partial charge in [-0.1, -0.05) is 47.7 Å². The molecule has 6 nitrogen and oxygen atoms in total. The van der Waals surface area contributed by atoms with Crippen LogP contribution in [0.3, 0.4) is 0 Å². The lowest BCUT2D eigenvalue weighted by Gasteiger charge is -2.08. The minimum atomic E-state index is -3.35. The first-order valence-corrected chi connectivity index (χ1v) is 12.4. The molecule has 0 aliphatic carbocycles. The van der Waals surface area contributed by atoms with E-state index in [0.717, 1.165) is 16.5 Å². The minimum absolute atomic E-state index is 0.219. The van der Waals surface area contributed by atoms with Gasteiger partial charge < -0.3 is 9.30 Å². The molecule has 0 atom stereocenters. The van der Waals surface area contributed by atoms with E-state index in [2.05, 4.69) is 11.6 Å². The molecule has 0 bridgehead atoms. The van der Waals surface area contributed by atoms with Gasteiger partial charge in [-0.15, -0.1) is 6.58 Å². The van der Waals surface area contributed by atoms with Gasteiger partial charge in [0.15, 0.2) is 14.6 Å². The van der Waals surface area contributed by atoms with Crippen LogP contribution in [0.25, 0.3) is 10.2 Å². The van der Waals surface area contributed by atoms with Gasteiger partial charge in [-0.3, -0.25) is 4.79 Å². The first-order chi connectivity index (χ1) is 15.4. The maximum Gasteiger partial charge on any atom is 0.283 e. The molecule has 0 fully saturated rings. The molecule has 162 valence electrons. The maximum atomic E-state index is 13.1. The van der Waals surface area contributed by atoms with Crippen LogP contribution in [0.1, 0.15) is 10.4 Å². The summed E-state index contributed by atoms with van der Waals surface area (Å²) in [5.41, 5.74) is 1.11. The average molecular weight is 465 g/mol. The number of sulfone groups is 1. The van der Waals surface area contributed by atoms with Gasteiger partial charge in [-0.2, -0.15) is 4.99 Å². The number of hydrogen-bond acceptors (Lipinski definition) is 5. The largest absolute Gasteiger partial charge is 0.457 e. The normalized spacial score (nSPS) is 12.1. The summed E-state index contributed by atoms with van der Waals surface area (Å²) in [5, 5.41) is 0. The highest BCUT2D eigenvalue weighted by molar-refractivity contribution is 7.90. The number of carbonyl (C=O) groups excluding carboxylic acids is 1. The fraction of sp³-hybridized carbons (Fsp3) is 0.0833. The summed E-state index contributed by atoms with van der Waals surface area (Å²) in [4.78, 5) is 18.1. The van der Waals surface area contributed by atoms with Crippen LogP contribution in [-0.2, 0) is 16.4 Å². The van der Waals surface area contributed by atoms with Crippen molar-refractivity contribution < 1.29 is 17.9 Å². The van der Waals surface area contributed by atoms with Crippen LogP contribution in [0.4, 0.5) is 0 Å². The quantitative estimate of drug-likeness (QED) is 0.383. The van der Waals surface area contributed by atoms with E-state index in [4.69, 9.17) is 4.74 Å². The smallest absolute Gasteiger partial charge is 0.283 e. The Balaban J connectivity index is 1.80. The highest BCUT2D eigenvalue weighted by Crippen LogP contribution is 2.26. The molecule has 4 aromatic rings. The van der Waals surface area contributed by atoms with Gasteiger partial charge in [-0.05, 0) is 42.5 Å². The van der Waals surface area contributed by atoms with E-state index in [-0.39, 0.29) is 4.90 Å². The number of nitrogens with zero attached hydrogens (tertiary/aromatic N) is 2. The van der Waals surface area contributed by atoms with E-state index in [1.807, 2.05) is 34.9 Å². The number of hydrogen-bond donors (Lipinski definition) is 0. The lowest BCUT2D eigenvalue weighted by atomic mass is 10.2. The number of thiazole rings is 1. The Hall–Kier alpha value is -3.49. The fourth-order valence-electron chi connectivity index (χ4n) is 3.17. The van der Waals surface area contributed by atoms with E-state index in [0.29, 0.717) is 28.4 Å². The second-order valence-electron chi connectivity index (χ2n) is 7.01. The van der Waals surface area contributed by atoms with Crippen LogP contribution in [0.15, 0.2) is 95.3 Å². The molecule has 0 aliphatic heterocycles. The number of allylic oxidation sites excluding steroid dienone is 1. The van der Waals surface area contributed by atoms with E-state index < -0.39 is 15.7 Å². The van der Waals surface area contributed by atoms with Crippen LogP contribution in [-0.4, -0.2) is 25.1 Å². The second-order valence-corrected chi connectivity index (χ2v) is 10.0. The van der Waals surface area contributed by atoms with Crippen molar-refractivity contribution in [1.29, 1.82) is 0 Å². The van der Waals surface area contributed by atoms with Crippen LogP contribution in [0.5, 0.6) is 11.5 Å². The van der Waals surface area contributed by atoms with Crippen molar-refractivity contribution in [2.45, 2.75) is 11.4 Å². The summed E-state index contributed by atoms with van der Waals surface area (Å²) in [6, 6.07) is 21.0. The molecule has 32 heavy (non-hydrogen) atoms. The summed E-state index contributed by atoms with van der Waals surface area (Å²) in [6.45, 7) is 4.20. The standard InChI is InChI=1S/C24H20N2O4S2/c1-3-15-26-20-14-13-18(32(2,28)29)16-22(20)31-24(26)25-23(27)19-11-7-8-12-21(19)30-17-9-5-4-6-10-17/h3-14,16H,1,15H2,2H3. The molecule has 0 aliphatic rings. The Morgan fingerprint density at radius 1 is 1.09 bits per heavy atom. The number of carbonyl (C=O) groups is 1. The van der Waals surface area contributed by atoms with Crippen LogP contribution in [0, 0.1) is 0 Å². The summed E-state index contributed by atoms with van der Waals surface area (Å²) >= 11 is 1.25. The Morgan fingerprint density at radius 2 is 1.81 bits per heavy atom. The summed E-state index contributed by atoms with van der Waals surface area (Å²) in [7, 11) is -3.35. The zero-order valence-corrected chi connectivity index (χ0v) is 18.9. The molecule has 0 saturated carbocycles. The van der Waals surface area contributed by atoms with Gasteiger partial charge in [0.25, 0.3) is 5.91 Å². The van der Waals surface area contributed by atoms with Crippen molar-refractivity contribution in [2.24, 2.45) is 4.99 Å². The number of fused-ring (bicyclic) bond motifs is 1. The van der Waals surface area contributed by atoms with Crippen molar-refractivity contribution in [3.05, 3.63) is 95.8 Å². The van der Waals surface area contributed by atoms with Gasteiger partial charge in [0.05, 0.1) is 20.7 Å². The molecule has 1 heterocycles. The molecule has 0 saturated heterocycles. The predicted octanol–water partition coefficient (Wildman–Crippen LogP) is 4.83. The van der Waals surface area contributed by atoms with Crippen LogP contribution < -0.4 is 9.54 Å². The molecule has 4 rings (SSSR count). The van der Waals surface area contributed by atoms with Gasteiger partial charge in [0.1, 0.15) is 11.5 Å². The molecule has 1 amide bonds. The topological polar surface area (TPSA) is 77.7 Å². The van der Waals surface area contributed by atoms with Crippen molar-refractivity contribution >= 4 is 37.3 Å². The number of ether oxygens (including phenoxy) is 1. The van der Waals surface area contributed by atoms with E-state index in [1.54, 1.807) is 48.5 Å². The summed E-state index contributed by atoms with van der Waals surface area (Å²) < 4.78 is 32.3. The van der Waals surface area contributed by atoms with Gasteiger partial charge in [-0.25, -0.2) is 8.42 Å². The molecule has 0 N–H and O–H groups in total. The van der Waals surface area contributed by atoms with Gasteiger partial charge in [0.2, 0.25) is 0 Å². The lowest BCUT2D eigenvalue weighted by Crippen LogP contribution is -2.16. The van der Waals surface area contributed by atoms with Crippen molar-refractivity contribution in [3.8, 4) is 11.5 Å². The van der Waals surface area contributed by atoms with Crippen LogP contribution in [0.2, 0.25) is 0 Å². The zero-order valence-electron chi connectivity index (χ0n) is 17.3. The summed E-state index contributed by atoms with van der Waals surface area (Å²) in [6.07, 6.45) is 2.87. The van der Waals surface area contributed by atoms with Crippen molar-refractivity contribution in [3.63, 3.8) is 0 Å². The highest BCUT2D eigenvalue weighted by Gasteiger charge is 2.15. The molecule has 0 unspecified atom stereocenters. The average Bonchev–Trinajstić information content (AvgIpc) is 3.11. The first kappa shape index (κ1) is 21.7. The third-order valence-corrected chi connectivity index (χ3v) is 6.83. The molecular formula is C24H20N2O4S2. The van der Waals surface area contributed by atoms with Gasteiger partial charge >= 0.3 is 0 Å². The third-order valence-electron chi connectivity index (χ3n) is 4.68. The van der Waals surface area contributed by atoms with Crippen molar-refractivity contribution in [2.75, 3.05) is 6.26 Å². The van der Waals surface area contributed by atoms with E-state index in [9.17, 15) is 13.2 Å². The second kappa shape index (κ2) is 8.94. The third kappa shape index (κ3) is 4.56. The number of aromatic nitrogens is 1. The Bertz CT molecular complexity index is 1480. The van der Waals surface area contributed by atoms with E-state index >= 15 is 0 Å². The fourth-order valence-corrected chi connectivity index (χ4v) is 4.97. The Labute approximate surface area is 189 Å².